The highest BCUT2D eigenvalue weighted by Crippen LogP contribution is 2.04. The van der Waals surface area contributed by atoms with E-state index < -0.39 is 17.9 Å². The molecule has 5 N–H and O–H groups in total. The van der Waals surface area contributed by atoms with E-state index in [-0.39, 0.29) is 6.42 Å². The first-order chi connectivity index (χ1) is 8.50. The van der Waals surface area contributed by atoms with Crippen LogP contribution < -0.4 is 11.1 Å². The summed E-state index contributed by atoms with van der Waals surface area (Å²) in [5.41, 5.74) is 7.54. The van der Waals surface area contributed by atoms with Crippen LogP contribution >= 0.6 is 0 Å². The maximum atomic E-state index is 11.4. The van der Waals surface area contributed by atoms with Crippen LogP contribution in [0.5, 0.6) is 0 Å². The van der Waals surface area contributed by atoms with E-state index in [1.54, 1.807) is 6.20 Å². The molecule has 1 atom stereocenters. The zero-order valence-corrected chi connectivity index (χ0v) is 10.3. The maximum absolute atomic E-state index is 11.4. The quantitative estimate of drug-likeness (QED) is 0.492. The van der Waals surface area contributed by atoms with Gasteiger partial charge in [-0.25, -0.2) is 0 Å². The minimum atomic E-state index is -1.08. The fourth-order valence-corrected chi connectivity index (χ4v) is 1.53. The van der Waals surface area contributed by atoms with Crippen molar-refractivity contribution in [1.82, 2.24) is 15.5 Å². The van der Waals surface area contributed by atoms with Crippen LogP contribution in [-0.2, 0) is 16.0 Å². The summed E-state index contributed by atoms with van der Waals surface area (Å²) in [5.74, 6) is -1.51. The van der Waals surface area contributed by atoms with E-state index in [0.29, 0.717) is 6.54 Å². The van der Waals surface area contributed by atoms with Crippen molar-refractivity contribution in [3.63, 3.8) is 0 Å². The number of aryl methyl sites for hydroxylation is 2. The number of nitrogens with zero attached hydrogens (tertiary/aromatic N) is 1. The first-order valence-electron chi connectivity index (χ1n) is 5.74. The molecule has 7 heteroatoms. The van der Waals surface area contributed by atoms with Crippen LogP contribution in [0.2, 0.25) is 0 Å². The van der Waals surface area contributed by atoms with Crippen molar-refractivity contribution in [2.24, 2.45) is 5.73 Å². The van der Waals surface area contributed by atoms with Gasteiger partial charge in [0, 0.05) is 12.2 Å². The van der Waals surface area contributed by atoms with E-state index in [0.717, 1.165) is 24.1 Å². The van der Waals surface area contributed by atoms with Crippen LogP contribution in [0, 0.1) is 6.92 Å². The van der Waals surface area contributed by atoms with Crippen molar-refractivity contribution in [3.8, 4) is 0 Å². The summed E-state index contributed by atoms with van der Waals surface area (Å²) in [6, 6.07) is -0.988. The highest BCUT2D eigenvalue weighted by molar-refractivity contribution is 5.85. The monoisotopic (exact) mass is 254 g/mol. The molecule has 0 fully saturated rings. The first kappa shape index (κ1) is 14.2. The largest absolute Gasteiger partial charge is 0.481 e. The number of aliphatic carboxylic acids is 1. The van der Waals surface area contributed by atoms with Gasteiger partial charge in [0.2, 0.25) is 5.91 Å². The van der Waals surface area contributed by atoms with Crippen molar-refractivity contribution < 1.29 is 14.7 Å². The summed E-state index contributed by atoms with van der Waals surface area (Å²) in [6.45, 7) is 2.40. The van der Waals surface area contributed by atoms with E-state index in [2.05, 4.69) is 15.5 Å². The van der Waals surface area contributed by atoms with E-state index in [1.807, 2.05) is 6.92 Å². The minimum absolute atomic E-state index is 0.354. The van der Waals surface area contributed by atoms with Crippen molar-refractivity contribution >= 4 is 11.9 Å². The predicted octanol–water partition coefficient (Wildman–Crippen LogP) is -0.431. The number of amides is 1. The Morgan fingerprint density at radius 1 is 1.61 bits per heavy atom. The molecule has 1 heterocycles. The highest BCUT2D eigenvalue weighted by Gasteiger charge is 2.16. The normalized spacial score (nSPS) is 12.1. The fraction of sp³-hybridized carbons (Fsp3) is 0.545. The molecule has 0 aliphatic carbocycles. The fourth-order valence-electron chi connectivity index (χ4n) is 1.53. The van der Waals surface area contributed by atoms with Gasteiger partial charge in [0.1, 0.15) is 0 Å². The second kappa shape index (κ2) is 6.75. The topological polar surface area (TPSA) is 121 Å². The number of nitrogens with two attached hydrogens (primary N) is 1. The molecule has 0 radical (unpaired) electrons. The maximum Gasteiger partial charge on any atom is 0.305 e. The molecule has 0 spiro atoms. The number of aromatic amines is 1. The Morgan fingerprint density at radius 2 is 2.33 bits per heavy atom. The molecule has 1 unspecified atom stereocenters. The van der Waals surface area contributed by atoms with Gasteiger partial charge in [0.05, 0.1) is 18.7 Å². The molecule has 18 heavy (non-hydrogen) atoms. The highest BCUT2D eigenvalue weighted by atomic mass is 16.4. The number of carboxylic acid groups (broad SMARTS) is 1. The molecule has 0 aliphatic heterocycles. The van der Waals surface area contributed by atoms with E-state index in [4.69, 9.17) is 10.8 Å². The van der Waals surface area contributed by atoms with Crippen LogP contribution in [0.25, 0.3) is 0 Å². The van der Waals surface area contributed by atoms with Gasteiger partial charge >= 0.3 is 5.97 Å². The summed E-state index contributed by atoms with van der Waals surface area (Å²) in [5, 5.41) is 17.8. The minimum Gasteiger partial charge on any atom is -0.481 e. The number of carboxylic acids is 1. The Morgan fingerprint density at radius 3 is 2.89 bits per heavy atom. The first-order valence-corrected chi connectivity index (χ1v) is 5.74. The molecular formula is C11H18N4O3. The summed E-state index contributed by atoms with van der Waals surface area (Å²) >= 11 is 0. The zero-order chi connectivity index (χ0) is 13.5. The van der Waals surface area contributed by atoms with Gasteiger partial charge in [0.15, 0.2) is 0 Å². The van der Waals surface area contributed by atoms with E-state index >= 15 is 0 Å². The lowest BCUT2D eigenvalue weighted by Crippen LogP contribution is -2.42. The smallest absolute Gasteiger partial charge is 0.305 e. The Kier molecular flexibility index (Phi) is 5.31. The Bertz CT molecular complexity index is 416. The van der Waals surface area contributed by atoms with Gasteiger partial charge in [-0.1, -0.05) is 0 Å². The number of aromatic nitrogens is 2. The molecule has 0 aliphatic rings. The third-order valence-corrected chi connectivity index (χ3v) is 2.59. The molecule has 0 bridgehead atoms. The van der Waals surface area contributed by atoms with Gasteiger partial charge in [-0.15, -0.1) is 0 Å². The van der Waals surface area contributed by atoms with Crippen LogP contribution in [0.1, 0.15) is 24.1 Å². The van der Waals surface area contributed by atoms with Crippen molar-refractivity contribution in [2.75, 3.05) is 6.54 Å². The molecule has 100 valence electrons. The van der Waals surface area contributed by atoms with E-state index in [9.17, 15) is 9.59 Å². The third-order valence-electron chi connectivity index (χ3n) is 2.59. The molecular weight excluding hydrogens is 236 g/mol. The van der Waals surface area contributed by atoms with Crippen molar-refractivity contribution in [2.45, 2.75) is 32.2 Å². The molecule has 1 aromatic rings. The zero-order valence-electron chi connectivity index (χ0n) is 10.3. The molecule has 1 rings (SSSR count). The van der Waals surface area contributed by atoms with Gasteiger partial charge in [-0.05, 0) is 25.3 Å². The van der Waals surface area contributed by atoms with Crippen molar-refractivity contribution in [3.05, 3.63) is 17.5 Å². The number of hydrogen-bond acceptors (Lipinski definition) is 4. The van der Waals surface area contributed by atoms with Gasteiger partial charge in [0.25, 0.3) is 0 Å². The number of H-pyrrole nitrogens is 1. The van der Waals surface area contributed by atoms with Crippen LogP contribution in [0.15, 0.2) is 6.20 Å². The molecule has 1 amide bonds. The Balaban J connectivity index is 2.20. The Hall–Kier alpha value is -1.89. The summed E-state index contributed by atoms with van der Waals surface area (Å²) < 4.78 is 0. The number of carbonyl (C=O) groups excluding carboxylic acids is 1. The SMILES string of the molecule is Cc1[nH]ncc1CCCNC(=O)C(N)CC(=O)O. The third kappa shape index (κ3) is 4.54. The predicted molar refractivity (Wildman–Crippen MR) is 64.9 cm³/mol. The van der Waals surface area contributed by atoms with Gasteiger partial charge in [-0.3, -0.25) is 14.7 Å². The van der Waals surface area contributed by atoms with Crippen molar-refractivity contribution in [1.29, 1.82) is 0 Å². The van der Waals surface area contributed by atoms with Crippen LogP contribution in [-0.4, -0.2) is 39.8 Å². The van der Waals surface area contributed by atoms with Crippen LogP contribution in [0.3, 0.4) is 0 Å². The Labute approximate surface area is 105 Å². The molecule has 0 saturated heterocycles. The number of carbonyl (C=O) groups is 2. The van der Waals surface area contributed by atoms with Crippen LogP contribution in [0.4, 0.5) is 0 Å². The van der Waals surface area contributed by atoms with Gasteiger partial charge < -0.3 is 16.2 Å². The number of hydrogen-bond donors (Lipinski definition) is 4. The number of nitrogens with one attached hydrogen (secondary N) is 2. The lowest BCUT2D eigenvalue weighted by molar-refractivity contribution is -0.139. The molecule has 1 aromatic heterocycles. The molecule has 7 nitrogen and oxygen atoms in total. The lowest BCUT2D eigenvalue weighted by atomic mass is 10.1. The lowest BCUT2D eigenvalue weighted by Gasteiger charge is -2.09. The standard InChI is InChI=1S/C11H18N4O3/c1-7-8(6-14-15-7)3-2-4-13-11(18)9(12)5-10(16)17/h6,9H,2-5,12H2,1H3,(H,13,18)(H,14,15)(H,16,17). The second-order valence-electron chi connectivity index (χ2n) is 4.12. The number of rotatable bonds is 7. The summed E-state index contributed by atoms with van der Waals surface area (Å²) in [4.78, 5) is 21.8. The average Bonchev–Trinajstić information content (AvgIpc) is 2.69. The molecule has 0 aromatic carbocycles. The summed E-state index contributed by atoms with van der Waals surface area (Å²) in [6.07, 6.45) is 2.96. The van der Waals surface area contributed by atoms with E-state index in [1.165, 1.54) is 0 Å². The second-order valence-corrected chi connectivity index (χ2v) is 4.12. The average molecular weight is 254 g/mol. The summed E-state index contributed by atoms with van der Waals surface area (Å²) in [7, 11) is 0. The molecule has 0 saturated carbocycles. The van der Waals surface area contributed by atoms with Gasteiger partial charge in [-0.2, -0.15) is 5.10 Å².